The minimum Gasteiger partial charge on any atom is -0.482 e. The number of likely N-dealkylation sites (N-methyl/N-ethyl adjacent to an activating group) is 1. The molecule has 0 radical (unpaired) electrons. The quantitative estimate of drug-likeness (QED) is 0.694. The summed E-state index contributed by atoms with van der Waals surface area (Å²) in [5.41, 5.74) is 3.19. The van der Waals surface area contributed by atoms with Gasteiger partial charge in [-0.3, -0.25) is 9.78 Å². The van der Waals surface area contributed by atoms with Crippen LogP contribution in [0, 0.1) is 0 Å². The number of benzene rings is 1. The molecule has 9 heteroatoms. The number of fused-ring (bicyclic) bond motifs is 2. The van der Waals surface area contributed by atoms with E-state index in [1.807, 2.05) is 7.05 Å². The zero-order valence-electron chi connectivity index (χ0n) is 16.3. The van der Waals surface area contributed by atoms with Crippen LogP contribution < -0.4 is 10.1 Å². The van der Waals surface area contributed by atoms with Gasteiger partial charge in [0.2, 0.25) is 0 Å². The van der Waals surface area contributed by atoms with Crippen LogP contribution in [0.3, 0.4) is 0 Å². The molecule has 0 fully saturated rings. The molecule has 1 N–H and O–H groups in total. The van der Waals surface area contributed by atoms with Crippen LogP contribution in [-0.2, 0) is 14.8 Å². The standard InChI is InChI=1S/C21H20N4O4S/c1-24-10-7-14(8-11-24)15-12-25(16-4-3-9-22-20(15)16)30(27,28)18-6-2-5-17-21(18)23-19(26)13-29-17/h2-7,9,12H,8,10-11,13H2,1H3,(H,23,26). The van der Waals surface area contributed by atoms with Crippen molar-refractivity contribution in [1.29, 1.82) is 0 Å². The number of amides is 1. The van der Waals surface area contributed by atoms with Crippen LogP contribution in [0.25, 0.3) is 16.6 Å². The number of hydrogen-bond donors (Lipinski definition) is 1. The van der Waals surface area contributed by atoms with Crippen molar-refractivity contribution in [3.05, 3.63) is 54.4 Å². The van der Waals surface area contributed by atoms with Crippen molar-refractivity contribution in [2.45, 2.75) is 11.3 Å². The summed E-state index contributed by atoms with van der Waals surface area (Å²) in [6.45, 7) is 1.56. The van der Waals surface area contributed by atoms with Crippen molar-refractivity contribution >= 4 is 38.2 Å². The summed E-state index contributed by atoms with van der Waals surface area (Å²) >= 11 is 0. The van der Waals surface area contributed by atoms with Gasteiger partial charge in [-0.1, -0.05) is 12.1 Å². The summed E-state index contributed by atoms with van der Waals surface area (Å²) in [6, 6.07) is 8.17. The highest BCUT2D eigenvalue weighted by Crippen LogP contribution is 2.37. The third kappa shape index (κ3) is 2.98. The van der Waals surface area contributed by atoms with Crippen LogP contribution in [0.5, 0.6) is 5.75 Å². The molecule has 1 amide bonds. The van der Waals surface area contributed by atoms with E-state index >= 15 is 0 Å². The van der Waals surface area contributed by atoms with Crippen LogP contribution in [0.2, 0.25) is 0 Å². The van der Waals surface area contributed by atoms with Gasteiger partial charge < -0.3 is 15.0 Å². The number of para-hydroxylation sites is 1. The largest absolute Gasteiger partial charge is 0.482 e. The first kappa shape index (κ1) is 18.8. The highest BCUT2D eigenvalue weighted by Gasteiger charge is 2.30. The Morgan fingerprint density at radius 2 is 2.07 bits per heavy atom. The molecule has 3 aromatic rings. The molecule has 0 aliphatic carbocycles. The summed E-state index contributed by atoms with van der Waals surface area (Å²) in [5.74, 6) is -0.0511. The number of hydrogen-bond acceptors (Lipinski definition) is 6. The zero-order valence-corrected chi connectivity index (χ0v) is 17.1. The highest BCUT2D eigenvalue weighted by molar-refractivity contribution is 7.90. The minimum atomic E-state index is -4.01. The van der Waals surface area contributed by atoms with E-state index in [0.717, 1.165) is 30.6 Å². The fraction of sp³-hybridized carbons (Fsp3) is 0.238. The topological polar surface area (TPSA) is 93.5 Å². The van der Waals surface area contributed by atoms with E-state index in [1.54, 1.807) is 36.7 Å². The van der Waals surface area contributed by atoms with E-state index in [2.05, 4.69) is 21.3 Å². The Labute approximate surface area is 173 Å². The van der Waals surface area contributed by atoms with E-state index in [4.69, 9.17) is 4.74 Å². The van der Waals surface area contributed by atoms with Gasteiger partial charge in [-0.25, -0.2) is 12.4 Å². The third-order valence-corrected chi connectivity index (χ3v) is 7.15. The Bertz CT molecular complexity index is 1310. The Balaban J connectivity index is 1.70. The van der Waals surface area contributed by atoms with Gasteiger partial charge in [0.05, 0.1) is 11.0 Å². The maximum Gasteiger partial charge on any atom is 0.270 e. The summed E-state index contributed by atoms with van der Waals surface area (Å²) in [6.07, 6.45) is 6.23. The van der Waals surface area contributed by atoms with Crippen molar-refractivity contribution in [2.75, 3.05) is 32.1 Å². The molecule has 2 aliphatic rings. The van der Waals surface area contributed by atoms with Crippen LogP contribution in [0.1, 0.15) is 12.0 Å². The van der Waals surface area contributed by atoms with Gasteiger partial charge in [0.1, 0.15) is 16.3 Å². The molecule has 5 rings (SSSR count). The summed E-state index contributed by atoms with van der Waals surface area (Å²) in [4.78, 5) is 18.5. The molecule has 154 valence electrons. The maximum absolute atomic E-state index is 13.7. The predicted molar refractivity (Wildman–Crippen MR) is 113 cm³/mol. The van der Waals surface area contributed by atoms with E-state index < -0.39 is 10.0 Å². The second kappa shape index (κ2) is 6.96. The first-order valence-corrected chi connectivity index (χ1v) is 11.0. The smallest absolute Gasteiger partial charge is 0.270 e. The molecule has 0 spiro atoms. The molecule has 0 bridgehead atoms. The predicted octanol–water partition coefficient (Wildman–Crippen LogP) is 2.32. The van der Waals surface area contributed by atoms with Crippen LogP contribution in [0.15, 0.2) is 53.7 Å². The van der Waals surface area contributed by atoms with Crippen molar-refractivity contribution < 1.29 is 17.9 Å². The van der Waals surface area contributed by atoms with Crippen molar-refractivity contribution in [3.8, 4) is 5.75 Å². The number of nitrogens with one attached hydrogen (secondary N) is 1. The van der Waals surface area contributed by atoms with Crippen molar-refractivity contribution in [2.24, 2.45) is 0 Å². The lowest BCUT2D eigenvalue weighted by Gasteiger charge is -2.21. The SMILES string of the molecule is CN1CC=C(c2cn(S(=O)(=O)c3cccc4c3NC(=O)CO4)c3cccnc23)CC1. The van der Waals surface area contributed by atoms with E-state index in [9.17, 15) is 13.2 Å². The molecule has 8 nitrogen and oxygen atoms in total. The van der Waals surface area contributed by atoms with Gasteiger partial charge in [0, 0.05) is 31.0 Å². The Morgan fingerprint density at radius 3 is 2.87 bits per heavy atom. The van der Waals surface area contributed by atoms with Gasteiger partial charge >= 0.3 is 0 Å². The van der Waals surface area contributed by atoms with E-state index in [1.165, 1.54) is 10.0 Å². The highest BCUT2D eigenvalue weighted by atomic mass is 32.2. The number of aromatic nitrogens is 2. The second-order valence-corrected chi connectivity index (χ2v) is 9.21. The van der Waals surface area contributed by atoms with Gasteiger partial charge in [-0.15, -0.1) is 0 Å². The lowest BCUT2D eigenvalue weighted by atomic mass is 10.0. The average Bonchev–Trinajstić information content (AvgIpc) is 3.14. The fourth-order valence-corrected chi connectivity index (χ4v) is 5.40. The van der Waals surface area contributed by atoms with Crippen molar-refractivity contribution in [3.63, 3.8) is 0 Å². The lowest BCUT2D eigenvalue weighted by Crippen LogP contribution is -2.27. The van der Waals surface area contributed by atoms with Gasteiger partial charge in [-0.05, 0) is 43.3 Å². The lowest BCUT2D eigenvalue weighted by molar-refractivity contribution is -0.118. The molecule has 0 saturated carbocycles. The number of carbonyl (C=O) groups excluding carboxylic acids is 1. The molecular weight excluding hydrogens is 404 g/mol. The van der Waals surface area contributed by atoms with Crippen LogP contribution in [-0.4, -0.2) is 54.9 Å². The van der Waals surface area contributed by atoms with Crippen LogP contribution in [0.4, 0.5) is 5.69 Å². The number of nitrogens with zero attached hydrogens (tertiary/aromatic N) is 3. The van der Waals surface area contributed by atoms with Gasteiger partial charge in [0.15, 0.2) is 6.61 Å². The molecule has 2 aliphatic heterocycles. The average molecular weight is 424 g/mol. The van der Waals surface area contributed by atoms with E-state index in [0.29, 0.717) is 16.8 Å². The van der Waals surface area contributed by atoms with E-state index in [-0.39, 0.29) is 23.1 Å². The number of anilines is 1. The number of rotatable bonds is 3. The number of carbonyl (C=O) groups is 1. The molecule has 4 heterocycles. The molecule has 0 unspecified atom stereocenters. The Hall–Kier alpha value is -3.17. The monoisotopic (exact) mass is 424 g/mol. The first-order valence-electron chi connectivity index (χ1n) is 9.60. The number of ether oxygens (including phenoxy) is 1. The first-order chi connectivity index (χ1) is 14.4. The minimum absolute atomic E-state index is 0.0160. The molecular formula is C21H20N4O4S. The zero-order chi connectivity index (χ0) is 20.9. The Morgan fingerprint density at radius 1 is 1.20 bits per heavy atom. The Kier molecular flexibility index (Phi) is 4.37. The van der Waals surface area contributed by atoms with Gasteiger partial charge in [-0.2, -0.15) is 0 Å². The summed E-state index contributed by atoms with van der Waals surface area (Å²) < 4.78 is 34.0. The third-order valence-electron chi connectivity index (χ3n) is 5.43. The van der Waals surface area contributed by atoms with Gasteiger partial charge in [0.25, 0.3) is 15.9 Å². The molecule has 30 heavy (non-hydrogen) atoms. The fourth-order valence-electron chi connectivity index (χ4n) is 3.87. The molecule has 1 aromatic carbocycles. The summed E-state index contributed by atoms with van der Waals surface area (Å²) in [5, 5.41) is 2.64. The normalized spacial score (nSPS) is 17.2. The second-order valence-electron chi connectivity index (χ2n) is 7.42. The summed E-state index contributed by atoms with van der Waals surface area (Å²) in [7, 11) is -1.96. The molecule has 0 saturated heterocycles. The maximum atomic E-state index is 13.7. The van der Waals surface area contributed by atoms with Crippen molar-refractivity contribution in [1.82, 2.24) is 13.9 Å². The molecule has 0 atom stereocenters. The number of pyridine rings is 1. The van der Waals surface area contributed by atoms with Crippen LogP contribution >= 0.6 is 0 Å². The molecule has 2 aromatic heterocycles.